The molecule has 2 aliphatic rings. The summed E-state index contributed by atoms with van der Waals surface area (Å²) >= 11 is 1.54. The van der Waals surface area contributed by atoms with Crippen LogP contribution in [-0.4, -0.2) is 49.5 Å². The number of thiazole rings is 1. The average Bonchev–Trinajstić information content (AvgIpc) is 3.20. The highest BCUT2D eigenvalue weighted by molar-refractivity contribution is 7.07. The predicted octanol–water partition coefficient (Wildman–Crippen LogP) is 2.02. The van der Waals surface area contributed by atoms with Crippen LogP contribution in [0.5, 0.6) is 11.5 Å². The van der Waals surface area contributed by atoms with Crippen molar-refractivity contribution in [3.8, 4) is 11.5 Å². The minimum absolute atomic E-state index is 0.119. The number of rotatable bonds is 5. The Morgan fingerprint density at radius 1 is 1.31 bits per heavy atom. The Bertz CT molecular complexity index is 752. The molecule has 3 heterocycles. The van der Waals surface area contributed by atoms with Crippen LogP contribution in [0.4, 0.5) is 0 Å². The van der Waals surface area contributed by atoms with E-state index in [1.54, 1.807) is 23.7 Å². The number of para-hydroxylation sites is 1. The molecule has 2 aromatic rings. The average molecular weight is 376 g/mol. The summed E-state index contributed by atoms with van der Waals surface area (Å²) in [7, 11) is 0. The number of benzene rings is 1. The normalized spacial score (nSPS) is 22.0. The highest BCUT2D eigenvalue weighted by Crippen LogP contribution is 2.33. The van der Waals surface area contributed by atoms with Crippen LogP contribution < -0.4 is 14.8 Å². The molecule has 4 rings (SSSR count). The van der Waals surface area contributed by atoms with E-state index in [0.717, 1.165) is 12.1 Å². The summed E-state index contributed by atoms with van der Waals surface area (Å²) in [6.07, 6.45) is 0.604. The maximum absolute atomic E-state index is 12.8. The standard InChI is InChI=1S/C18H20N2O5S/c21-18(13-2-1-3-16-17(13)24-7-6-23-16)20-14-9-22-5-4-15(14)25-8-12-10-26-11-19-12/h1-3,10-11,14-15H,4-9H2,(H,20,21)/t14-,15+/m1/s1. The van der Waals surface area contributed by atoms with Crippen LogP contribution in [0.2, 0.25) is 0 Å². The zero-order valence-corrected chi connectivity index (χ0v) is 15.0. The number of aromatic nitrogens is 1. The number of carbonyl (C=O) groups excluding carboxylic acids is 1. The second kappa shape index (κ2) is 8.03. The van der Waals surface area contributed by atoms with Crippen molar-refractivity contribution in [1.82, 2.24) is 10.3 Å². The molecule has 0 aliphatic carbocycles. The van der Waals surface area contributed by atoms with E-state index in [9.17, 15) is 4.79 Å². The lowest BCUT2D eigenvalue weighted by atomic mass is 10.1. The maximum Gasteiger partial charge on any atom is 0.255 e. The molecular weight excluding hydrogens is 356 g/mol. The van der Waals surface area contributed by atoms with Gasteiger partial charge in [0.25, 0.3) is 5.91 Å². The van der Waals surface area contributed by atoms with E-state index in [0.29, 0.717) is 50.1 Å². The summed E-state index contributed by atoms with van der Waals surface area (Å²) in [6.45, 7) is 2.38. The van der Waals surface area contributed by atoms with Gasteiger partial charge in [0, 0.05) is 12.0 Å². The first-order valence-electron chi connectivity index (χ1n) is 8.57. The van der Waals surface area contributed by atoms with Gasteiger partial charge >= 0.3 is 0 Å². The van der Waals surface area contributed by atoms with Gasteiger partial charge in [0.1, 0.15) is 13.2 Å². The molecule has 0 saturated carbocycles. The monoisotopic (exact) mass is 376 g/mol. The second-order valence-corrected chi connectivity index (χ2v) is 6.82. The zero-order chi connectivity index (χ0) is 17.8. The lowest BCUT2D eigenvalue weighted by Crippen LogP contribution is -2.50. The number of fused-ring (bicyclic) bond motifs is 1. The molecule has 138 valence electrons. The molecule has 7 nitrogen and oxygen atoms in total. The van der Waals surface area contributed by atoms with Crippen LogP contribution in [0, 0.1) is 0 Å². The predicted molar refractivity (Wildman–Crippen MR) is 94.8 cm³/mol. The summed E-state index contributed by atoms with van der Waals surface area (Å²) in [5, 5.41) is 4.98. The molecule has 1 N–H and O–H groups in total. The molecule has 0 bridgehead atoms. The maximum atomic E-state index is 12.8. The molecule has 0 unspecified atom stereocenters. The second-order valence-electron chi connectivity index (χ2n) is 6.10. The lowest BCUT2D eigenvalue weighted by Gasteiger charge is -2.32. The Kier molecular flexibility index (Phi) is 5.33. The number of hydrogen-bond donors (Lipinski definition) is 1. The molecule has 0 radical (unpaired) electrons. The molecule has 1 fully saturated rings. The Morgan fingerprint density at radius 3 is 3.12 bits per heavy atom. The molecule has 1 amide bonds. The topological polar surface area (TPSA) is 78.9 Å². The van der Waals surface area contributed by atoms with Gasteiger partial charge in [-0.25, -0.2) is 4.98 Å². The Hall–Kier alpha value is -2.16. The van der Waals surface area contributed by atoms with E-state index in [4.69, 9.17) is 18.9 Å². The van der Waals surface area contributed by atoms with Crippen molar-refractivity contribution >= 4 is 17.2 Å². The van der Waals surface area contributed by atoms with Crippen molar-refractivity contribution in [3.63, 3.8) is 0 Å². The summed E-state index contributed by atoms with van der Waals surface area (Å²) in [5.41, 5.74) is 3.14. The summed E-state index contributed by atoms with van der Waals surface area (Å²) < 4.78 is 22.7. The first-order valence-corrected chi connectivity index (χ1v) is 9.51. The number of nitrogens with one attached hydrogen (secondary N) is 1. The minimum Gasteiger partial charge on any atom is -0.486 e. The molecule has 1 saturated heterocycles. The fourth-order valence-corrected chi connectivity index (χ4v) is 3.60. The van der Waals surface area contributed by atoms with Crippen molar-refractivity contribution in [1.29, 1.82) is 0 Å². The fourth-order valence-electron chi connectivity index (χ4n) is 3.05. The largest absolute Gasteiger partial charge is 0.486 e. The van der Waals surface area contributed by atoms with Crippen molar-refractivity contribution < 1.29 is 23.7 Å². The molecule has 26 heavy (non-hydrogen) atoms. The van der Waals surface area contributed by atoms with Gasteiger partial charge in [-0.2, -0.15) is 0 Å². The van der Waals surface area contributed by atoms with Gasteiger partial charge in [0.2, 0.25) is 0 Å². The van der Waals surface area contributed by atoms with Crippen LogP contribution in [0.15, 0.2) is 29.1 Å². The van der Waals surface area contributed by atoms with Gasteiger partial charge in [-0.3, -0.25) is 4.79 Å². The number of amides is 1. The van der Waals surface area contributed by atoms with Gasteiger partial charge in [-0.05, 0) is 18.6 Å². The van der Waals surface area contributed by atoms with E-state index in [1.807, 2.05) is 5.38 Å². The van der Waals surface area contributed by atoms with E-state index in [2.05, 4.69) is 10.3 Å². The van der Waals surface area contributed by atoms with Crippen LogP contribution in [0.3, 0.4) is 0 Å². The highest BCUT2D eigenvalue weighted by atomic mass is 32.1. The molecule has 0 spiro atoms. The number of ether oxygens (including phenoxy) is 4. The van der Waals surface area contributed by atoms with Crippen molar-refractivity contribution in [2.75, 3.05) is 26.4 Å². The molecule has 2 atom stereocenters. The summed E-state index contributed by atoms with van der Waals surface area (Å²) in [4.78, 5) is 17.0. The van der Waals surface area contributed by atoms with Gasteiger partial charge in [0.05, 0.1) is 42.1 Å². The number of hydrogen-bond acceptors (Lipinski definition) is 7. The van der Waals surface area contributed by atoms with E-state index < -0.39 is 0 Å². The fraction of sp³-hybridized carbons (Fsp3) is 0.444. The molecule has 1 aromatic carbocycles. The molecule has 2 aliphatic heterocycles. The van der Waals surface area contributed by atoms with Crippen LogP contribution in [-0.2, 0) is 16.1 Å². The Morgan fingerprint density at radius 2 is 2.23 bits per heavy atom. The van der Waals surface area contributed by atoms with E-state index in [1.165, 1.54) is 11.3 Å². The third kappa shape index (κ3) is 3.82. The quantitative estimate of drug-likeness (QED) is 0.860. The Balaban J connectivity index is 1.43. The van der Waals surface area contributed by atoms with Crippen molar-refractivity contribution in [2.45, 2.75) is 25.2 Å². The smallest absolute Gasteiger partial charge is 0.255 e. The Labute approximate surface area is 155 Å². The van der Waals surface area contributed by atoms with Gasteiger partial charge < -0.3 is 24.3 Å². The number of carbonyl (C=O) groups is 1. The van der Waals surface area contributed by atoms with Crippen LogP contribution in [0.1, 0.15) is 22.5 Å². The SMILES string of the molecule is O=C(N[C@@H]1COCC[C@@H]1OCc1cscn1)c1cccc2c1OCCO2. The summed E-state index contributed by atoms with van der Waals surface area (Å²) in [6, 6.07) is 5.10. The summed E-state index contributed by atoms with van der Waals surface area (Å²) in [5.74, 6) is 0.873. The molecular formula is C18H20N2O5S. The van der Waals surface area contributed by atoms with Crippen molar-refractivity contribution in [2.24, 2.45) is 0 Å². The van der Waals surface area contributed by atoms with Gasteiger partial charge in [-0.1, -0.05) is 6.07 Å². The molecule has 1 aromatic heterocycles. The van der Waals surface area contributed by atoms with Gasteiger partial charge in [-0.15, -0.1) is 11.3 Å². The van der Waals surface area contributed by atoms with E-state index >= 15 is 0 Å². The lowest BCUT2D eigenvalue weighted by molar-refractivity contribution is -0.0612. The minimum atomic E-state index is -0.227. The van der Waals surface area contributed by atoms with Gasteiger partial charge in [0.15, 0.2) is 11.5 Å². The highest BCUT2D eigenvalue weighted by Gasteiger charge is 2.30. The first kappa shape index (κ1) is 17.3. The number of nitrogens with zero attached hydrogens (tertiary/aromatic N) is 1. The third-order valence-electron chi connectivity index (χ3n) is 4.35. The van der Waals surface area contributed by atoms with Crippen molar-refractivity contribution in [3.05, 3.63) is 40.3 Å². The molecule has 8 heteroatoms. The third-order valence-corrected chi connectivity index (χ3v) is 4.98. The van der Waals surface area contributed by atoms with Crippen LogP contribution in [0.25, 0.3) is 0 Å². The van der Waals surface area contributed by atoms with E-state index in [-0.39, 0.29) is 18.1 Å². The zero-order valence-electron chi connectivity index (χ0n) is 14.2. The first-order chi connectivity index (χ1) is 12.8. The van der Waals surface area contributed by atoms with Crippen LogP contribution >= 0.6 is 11.3 Å².